The summed E-state index contributed by atoms with van der Waals surface area (Å²) < 4.78 is 23.5. The first kappa shape index (κ1) is 19.0. The van der Waals surface area contributed by atoms with Crippen LogP contribution in [0.2, 0.25) is 0 Å². The van der Waals surface area contributed by atoms with E-state index in [2.05, 4.69) is 58.6 Å². The molecule has 0 saturated carbocycles. The lowest BCUT2D eigenvalue weighted by atomic mass is 9.76. The zero-order valence-corrected chi connectivity index (χ0v) is 17.8. The normalized spacial score (nSPS) is 17.1. The summed E-state index contributed by atoms with van der Waals surface area (Å²) in [6.07, 6.45) is 10.3. The molecular formula is C24H23N3O2S. The summed E-state index contributed by atoms with van der Waals surface area (Å²) in [4.78, 5) is 8.00. The van der Waals surface area contributed by atoms with Crippen molar-refractivity contribution in [3.8, 4) is 11.1 Å². The van der Waals surface area contributed by atoms with E-state index in [0.717, 1.165) is 31.2 Å². The van der Waals surface area contributed by atoms with Crippen molar-refractivity contribution >= 4 is 27.4 Å². The van der Waals surface area contributed by atoms with Gasteiger partial charge in [0.2, 0.25) is 15.0 Å². The van der Waals surface area contributed by atoms with E-state index >= 15 is 0 Å². The van der Waals surface area contributed by atoms with Crippen molar-refractivity contribution in [1.82, 2.24) is 9.97 Å². The number of sulfone groups is 1. The molecule has 2 aliphatic carbocycles. The van der Waals surface area contributed by atoms with Gasteiger partial charge in [0, 0.05) is 18.1 Å². The second-order valence-corrected chi connectivity index (χ2v) is 10.0. The highest BCUT2D eigenvalue weighted by atomic mass is 32.2. The van der Waals surface area contributed by atoms with Crippen LogP contribution in [0.15, 0.2) is 53.8 Å². The molecule has 0 bridgehead atoms. The van der Waals surface area contributed by atoms with E-state index in [0.29, 0.717) is 11.7 Å². The van der Waals surface area contributed by atoms with Gasteiger partial charge in [0.25, 0.3) is 0 Å². The maximum Gasteiger partial charge on any atom is 0.248 e. The average molecular weight is 418 g/mol. The number of aryl methyl sites for hydroxylation is 1. The van der Waals surface area contributed by atoms with E-state index < -0.39 is 9.84 Å². The molecule has 0 aliphatic heterocycles. The minimum Gasteiger partial charge on any atom is -0.340 e. The first-order valence-electron chi connectivity index (χ1n) is 10.2. The molecule has 2 aliphatic rings. The third kappa shape index (κ3) is 3.31. The number of nitrogens with zero attached hydrogens (tertiary/aromatic N) is 2. The second-order valence-electron chi connectivity index (χ2n) is 8.13. The van der Waals surface area contributed by atoms with Crippen LogP contribution >= 0.6 is 0 Å². The van der Waals surface area contributed by atoms with Crippen LogP contribution in [0.25, 0.3) is 17.2 Å². The summed E-state index contributed by atoms with van der Waals surface area (Å²) in [6.45, 7) is 2.31. The van der Waals surface area contributed by atoms with Crippen LogP contribution < -0.4 is 5.32 Å². The number of fused-ring (bicyclic) bond motifs is 5. The molecule has 0 saturated heterocycles. The Hall–Kier alpha value is -2.99. The monoisotopic (exact) mass is 417 g/mol. The van der Waals surface area contributed by atoms with Gasteiger partial charge in [-0.05, 0) is 76.8 Å². The Morgan fingerprint density at radius 3 is 2.77 bits per heavy atom. The van der Waals surface area contributed by atoms with E-state index in [9.17, 15) is 8.42 Å². The Balaban J connectivity index is 1.55. The van der Waals surface area contributed by atoms with Crippen LogP contribution in [0, 0.1) is 0 Å². The smallest absolute Gasteiger partial charge is 0.248 e. The molecule has 30 heavy (non-hydrogen) atoms. The molecule has 1 unspecified atom stereocenters. The fourth-order valence-corrected chi connectivity index (χ4v) is 5.08. The molecule has 152 valence electrons. The molecule has 1 aromatic heterocycles. The molecule has 3 aromatic rings. The van der Waals surface area contributed by atoms with Crippen LogP contribution in [-0.2, 0) is 22.7 Å². The summed E-state index contributed by atoms with van der Waals surface area (Å²) in [5, 5.41) is 3.07. The van der Waals surface area contributed by atoms with Crippen LogP contribution in [0.3, 0.4) is 0 Å². The summed E-state index contributed by atoms with van der Waals surface area (Å²) in [5.41, 5.74) is 9.07. The predicted octanol–water partition coefficient (Wildman–Crippen LogP) is 4.91. The maximum atomic E-state index is 11.8. The molecule has 1 atom stereocenters. The van der Waals surface area contributed by atoms with Gasteiger partial charge in [-0.2, -0.15) is 0 Å². The molecule has 0 amide bonds. The minimum atomic E-state index is -3.45. The number of rotatable bonds is 3. The van der Waals surface area contributed by atoms with Crippen molar-refractivity contribution in [2.75, 3.05) is 11.6 Å². The number of allylic oxidation sites excluding steroid dienone is 1. The Labute approximate surface area is 176 Å². The summed E-state index contributed by atoms with van der Waals surface area (Å²) in [6, 6.07) is 12.5. The molecule has 0 spiro atoms. The molecule has 5 nitrogen and oxygen atoms in total. The molecule has 0 radical (unpaired) electrons. The Bertz CT molecular complexity index is 1300. The van der Waals surface area contributed by atoms with Crippen molar-refractivity contribution in [3.05, 3.63) is 70.9 Å². The lowest BCUT2D eigenvalue weighted by molar-refractivity contribution is 0.593. The Morgan fingerprint density at radius 2 is 1.93 bits per heavy atom. The first-order chi connectivity index (χ1) is 14.4. The van der Waals surface area contributed by atoms with Gasteiger partial charge in [-0.25, -0.2) is 18.4 Å². The Morgan fingerprint density at radius 1 is 1.07 bits per heavy atom. The van der Waals surface area contributed by atoms with Gasteiger partial charge in [-0.3, -0.25) is 0 Å². The molecule has 1 heterocycles. The topological polar surface area (TPSA) is 72.0 Å². The molecule has 2 aromatic carbocycles. The van der Waals surface area contributed by atoms with E-state index in [1.165, 1.54) is 39.6 Å². The van der Waals surface area contributed by atoms with Crippen LogP contribution in [0.5, 0.6) is 0 Å². The highest BCUT2D eigenvalue weighted by molar-refractivity contribution is 7.90. The first-order valence-corrected chi connectivity index (χ1v) is 12.0. The van der Waals surface area contributed by atoms with Crippen molar-refractivity contribution in [3.63, 3.8) is 0 Å². The van der Waals surface area contributed by atoms with Crippen molar-refractivity contribution < 1.29 is 8.42 Å². The SMILES string of the molecule is CC1CC=Cc2ccc3c(c21)CCc1ccc(Nc2ccnc(S(C)(=O)=O)n2)cc1-3. The standard InChI is InChI=1S/C24H23N3O2S/c1-15-4-3-5-17-8-10-19-20(23(15)17)11-7-16-6-9-18(14-21(16)19)26-22-12-13-25-24(27-22)30(2,28)29/h3,5-6,8-10,12-15H,4,7,11H2,1-2H3,(H,25,26,27). The predicted molar refractivity (Wildman–Crippen MR) is 120 cm³/mol. The number of aromatic nitrogens is 2. The fourth-order valence-electron chi connectivity index (χ4n) is 4.57. The number of nitrogens with one attached hydrogen (secondary N) is 1. The highest BCUT2D eigenvalue weighted by Gasteiger charge is 2.24. The minimum absolute atomic E-state index is 0.176. The van der Waals surface area contributed by atoms with Crippen LogP contribution in [0.4, 0.5) is 11.5 Å². The lowest BCUT2D eigenvalue weighted by Crippen LogP contribution is -2.12. The van der Waals surface area contributed by atoms with Gasteiger partial charge in [0.15, 0.2) is 0 Å². The fraction of sp³-hybridized carbons (Fsp3) is 0.250. The zero-order chi connectivity index (χ0) is 20.9. The van der Waals surface area contributed by atoms with Crippen LogP contribution in [-0.4, -0.2) is 24.6 Å². The molecule has 5 rings (SSSR count). The quantitative estimate of drug-likeness (QED) is 0.613. The van der Waals surface area contributed by atoms with Gasteiger partial charge < -0.3 is 5.32 Å². The van der Waals surface area contributed by atoms with Gasteiger partial charge in [0.05, 0.1) is 0 Å². The van der Waals surface area contributed by atoms with Crippen molar-refractivity contribution in [1.29, 1.82) is 0 Å². The average Bonchev–Trinajstić information content (AvgIpc) is 2.73. The summed E-state index contributed by atoms with van der Waals surface area (Å²) in [5.74, 6) is 1.00. The molecule has 0 fully saturated rings. The Kier molecular flexibility index (Phi) is 4.47. The van der Waals surface area contributed by atoms with E-state index in [-0.39, 0.29) is 5.16 Å². The van der Waals surface area contributed by atoms with Gasteiger partial charge in [-0.15, -0.1) is 0 Å². The lowest BCUT2D eigenvalue weighted by Gasteiger charge is -2.28. The van der Waals surface area contributed by atoms with Gasteiger partial charge in [-0.1, -0.05) is 37.3 Å². The molecular weight excluding hydrogens is 394 g/mol. The number of hydrogen-bond acceptors (Lipinski definition) is 5. The number of hydrogen-bond donors (Lipinski definition) is 1. The largest absolute Gasteiger partial charge is 0.340 e. The number of anilines is 2. The third-order valence-corrected chi connectivity index (χ3v) is 6.81. The van der Waals surface area contributed by atoms with E-state index in [1.54, 1.807) is 6.07 Å². The third-order valence-electron chi connectivity index (χ3n) is 5.95. The van der Waals surface area contributed by atoms with E-state index in [1.807, 2.05) is 6.07 Å². The van der Waals surface area contributed by atoms with Crippen molar-refractivity contribution in [2.24, 2.45) is 0 Å². The second kappa shape index (κ2) is 7.06. The zero-order valence-electron chi connectivity index (χ0n) is 17.0. The summed E-state index contributed by atoms with van der Waals surface area (Å²) >= 11 is 0. The van der Waals surface area contributed by atoms with Crippen molar-refractivity contribution in [2.45, 2.75) is 37.3 Å². The summed E-state index contributed by atoms with van der Waals surface area (Å²) in [7, 11) is -3.45. The maximum absolute atomic E-state index is 11.8. The van der Waals surface area contributed by atoms with Crippen LogP contribution in [0.1, 0.15) is 41.5 Å². The highest BCUT2D eigenvalue weighted by Crippen LogP contribution is 2.42. The van der Waals surface area contributed by atoms with Gasteiger partial charge >= 0.3 is 0 Å². The molecule has 6 heteroatoms. The van der Waals surface area contributed by atoms with Gasteiger partial charge in [0.1, 0.15) is 5.82 Å². The number of benzene rings is 2. The molecule has 1 N–H and O–H groups in total. The van der Waals surface area contributed by atoms with E-state index in [4.69, 9.17) is 0 Å².